The lowest BCUT2D eigenvalue weighted by Crippen LogP contribution is -2.42. The van der Waals surface area contributed by atoms with Gasteiger partial charge in [-0.1, -0.05) is 30.3 Å². The van der Waals surface area contributed by atoms with Gasteiger partial charge in [-0.05, 0) is 48.5 Å². The van der Waals surface area contributed by atoms with Gasteiger partial charge >= 0.3 is 5.91 Å². The Hall–Kier alpha value is -4.52. The van der Waals surface area contributed by atoms with Gasteiger partial charge in [0.2, 0.25) is 0 Å². The number of methoxy groups -OCH3 is 1. The molecule has 156 valence electrons. The largest absolute Gasteiger partial charge is 0.497 e. The molecule has 0 bridgehead atoms. The van der Waals surface area contributed by atoms with E-state index in [0.29, 0.717) is 22.8 Å². The first-order valence-corrected chi connectivity index (χ1v) is 9.83. The molecule has 32 heavy (non-hydrogen) atoms. The van der Waals surface area contributed by atoms with E-state index in [0.717, 1.165) is 4.90 Å². The van der Waals surface area contributed by atoms with Crippen LogP contribution in [0.2, 0.25) is 0 Å². The van der Waals surface area contributed by atoms with Crippen molar-refractivity contribution in [2.75, 3.05) is 16.9 Å². The molecule has 0 radical (unpaired) electrons. The van der Waals surface area contributed by atoms with Crippen LogP contribution in [0.4, 0.5) is 17.1 Å². The van der Waals surface area contributed by atoms with E-state index >= 15 is 0 Å². The van der Waals surface area contributed by atoms with E-state index in [2.05, 4.69) is 0 Å². The lowest BCUT2D eigenvalue weighted by atomic mass is 9.98. The summed E-state index contributed by atoms with van der Waals surface area (Å²) in [5, 5.41) is 0. The number of nitrogens with zero attached hydrogens (tertiary/aromatic N) is 2. The predicted molar refractivity (Wildman–Crippen MR) is 117 cm³/mol. The Morgan fingerprint density at radius 3 is 1.94 bits per heavy atom. The second kappa shape index (κ2) is 7.31. The quantitative estimate of drug-likeness (QED) is 0.364. The Bertz CT molecular complexity index is 1330. The highest BCUT2D eigenvalue weighted by atomic mass is 16.5. The van der Waals surface area contributed by atoms with Crippen molar-refractivity contribution in [3.05, 3.63) is 95.7 Å². The van der Waals surface area contributed by atoms with E-state index in [4.69, 9.17) is 4.74 Å². The van der Waals surface area contributed by atoms with Crippen molar-refractivity contribution >= 4 is 40.4 Å². The lowest BCUT2D eigenvalue weighted by Gasteiger charge is -2.35. The zero-order chi connectivity index (χ0) is 22.4. The zero-order valence-corrected chi connectivity index (χ0v) is 16.9. The van der Waals surface area contributed by atoms with Gasteiger partial charge in [0.05, 0.1) is 18.5 Å². The molecule has 0 atom stereocenters. The fraction of sp³-hybridized carbons (Fsp3) is 0.0400. The molecule has 0 aliphatic carbocycles. The molecule has 7 heteroatoms. The molecule has 2 aliphatic heterocycles. The molecule has 3 aromatic rings. The number of para-hydroxylation sites is 3. The van der Waals surface area contributed by atoms with E-state index in [-0.39, 0.29) is 11.3 Å². The molecule has 0 aromatic heterocycles. The normalized spacial score (nSPS) is 15.1. The first kappa shape index (κ1) is 19.4. The Kier molecular flexibility index (Phi) is 4.44. The molecule has 0 spiro atoms. The van der Waals surface area contributed by atoms with E-state index < -0.39 is 29.0 Å². The molecule has 0 unspecified atom stereocenters. The summed E-state index contributed by atoms with van der Waals surface area (Å²) < 4.78 is 5.10. The van der Waals surface area contributed by atoms with Gasteiger partial charge in [-0.15, -0.1) is 0 Å². The molecule has 0 N–H and O–H groups in total. The summed E-state index contributed by atoms with van der Waals surface area (Å²) in [6.07, 6.45) is 0. The van der Waals surface area contributed by atoms with Gasteiger partial charge in [0, 0.05) is 11.3 Å². The van der Waals surface area contributed by atoms with E-state index in [1.54, 1.807) is 60.7 Å². The summed E-state index contributed by atoms with van der Waals surface area (Å²) in [5.41, 5.74) is 0.881. The summed E-state index contributed by atoms with van der Waals surface area (Å²) in [6.45, 7) is 0. The van der Waals surface area contributed by atoms with Gasteiger partial charge in [0.25, 0.3) is 11.7 Å². The minimum atomic E-state index is -1.00. The average Bonchev–Trinajstić information content (AvgIpc) is 3.10. The van der Waals surface area contributed by atoms with Crippen molar-refractivity contribution < 1.29 is 23.9 Å². The minimum absolute atomic E-state index is 0.175. The second-order valence-electron chi connectivity index (χ2n) is 7.22. The number of rotatable bonds is 4. The maximum atomic E-state index is 13.7. The van der Waals surface area contributed by atoms with Crippen LogP contribution in [0.25, 0.3) is 0 Å². The smallest absolute Gasteiger partial charge is 0.304 e. The van der Waals surface area contributed by atoms with Crippen LogP contribution >= 0.6 is 0 Å². The van der Waals surface area contributed by atoms with Gasteiger partial charge in [0.1, 0.15) is 17.0 Å². The molecular weight excluding hydrogens is 408 g/mol. The molecule has 2 amide bonds. The van der Waals surface area contributed by atoms with Crippen LogP contribution in [0, 0.1) is 0 Å². The fourth-order valence-electron chi connectivity index (χ4n) is 3.95. The lowest BCUT2D eigenvalue weighted by molar-refractivity contribution is -0.132. The van der Waals surface area contributed by atoms with Crippen LogP contribution in [0.5, 0.6) is 5.75 Å². The Morgan fingerprint density at radius 1 is 0.719 bits per heavy atom. The maximum absolute atomic E-state index is 13.7. The van der Waals surface area contributed by atoms with Crippen molar-refractivity contribution in [3.8, 4) is 5.75 Å². The molecular formula is C25H16N2O5. The summed E-state index contributed by atoms with van der Waals surface area (Å²) in [4.78, 5) is 55.3. The minimum Gasteiger partial charge on any atom is -0.497 e. The molecule has 0 saturated heterocycles. The number of amides is 2. The van der Waals surface area contributed by atoms with Crippen molar-refractivity contribution in [1.29, 1.82) is 0 Å². The van der Waals surface area contributed by atoms with Crippen molar-refractivity contribution in [3.63, 3.8) is 0 Å². The number of hydrogen-bond acceptors (Lipinski definition) is 5. The van der Waals surface area contributed by atoms with Gasteiger partial charge < -0.3 is 4.74 Å². The van der Waals surface area contributed by atoms with Gasteiger partial charge in [-0.3, -0.25) is 29.0 Å². The summed E-state index contributed by atoms with van der Waals surface area (Å²) in [5.74, 6) is -2.70. The number of hydrogen-bond donors (Lipinski definition) is 0. The first-order chi connectivity index (χ1) is 15.5. The Balaban J connectivity index is 1.72. The molecule has 0 fully saturated rings. The number of carbonyl (C=O) groups excluding carboxylic acids is 4. The van der Waals surface area contributed by atoms with Crippen molar-refractivity contribution in [2.45, 2.75) is 0 Å². The maximum Gasteiger partial charge on any atom is 0.304 e. The van der Waals surface area contributed by atoms with Crippen molar-refractivity contribution in [2.24, 2.45) is 0 Å². The third-order valence-electron chi connectivity index (χ3n) is 5.45. The number of benzene rings is 3. The summed E-state index contributed by atoms with van der Waals surface area (Å²) >= 11 is 0. The van der Waals surface area contributed by atoms with Crippen LogP contribution in [0.3, 0.4) is 0 Å². The van der Waals surface area contributed by atoms with E-state index in [1.807, 2.05) is 6.07 Å². The standard InChI is InChI=1S/C25H16N2O5/c1-32-17-13-11-15(12-14-17)22(28)20-21-24(30)26(16-7-3-2-4-8-16)18-9-5-6-10-19(18)27(21)25(31)23(20)29/h2-14H,1H3. The van der Waals surface area contributed by atoms with Gasteiger partial charge in [0.15, 0.2) is 5.78 Å². The first-order valence-electron chi connectivity index (χ1n) is 9.83. The Morgan fingerprint density at radius 2 is 1.31 bits per heavy atom. The summed E-state index contributed by atoms with van der Waals surface area (Å²) in [7, 11) is 1.49. The number of carbonyl (C=O) groups is 4. The number of Topliss-reactive ketones (excluding diaryl/α,β-unsaturated/α-hetero) is 2. The molecule has 2 heterocycles. The van der Waals surface area contributed by atoms with Crippen LogP contribution < -0.4 is 14.5 Å². The molecule has 3 aromatic carbocycles. The van der Waals surface area contributed by atoms with E-state index in [9.17, 15) is 19.2 Å². The summed E-state index contributed by atoms with van der Waals surface area (Å²) in [6, 6.07) is 21.8. The van der Waals surface area contributed by atoms with E-state index in [1.165, 1.54) is 24.1 Å². The predicted octanol–water partition coefficient (Wildman–Crippen LogP) is 3.43. The number of ketones is 2. The third kappa shape index (κ3) is 2.75. The number of fused-ring (bicyclic) bond motifs is 3. The third-order valence-corrected chi connectivity index (χ3v) is 5.45. The van der Waals surface area contributed by atoms with Crippen LogP contribution in [0.15, 0.2) is 90.1 Å². The average molecular weight is 424 g/mol. The zero-order valence-electron chi connectivity index (χ0n) is 16.9. The molecule has 7 nitrogen and oxygen atoms in total. The molecule has 2 aliphatic rings. The topological polar surface area (TPSA) is 84.0 Å². The molecule has 0 saturated carbocycles. The van der Waals surface area contributed by atoms with Crippen LogP contribution in [-0.2, 0) is 14.4 Å². The van der Waals surface area contributed by atoms with Crippen LogP contribution in [-0.4, -0.2) is 30.5 Å². The highest BCUT2D eigenvalue weighted by Crippen LogP contribution is 2.45. The van der Waals surface area contributed by atoms with Crippen LogP contribution in [0.1, 0.15) is 10.4 Å². The highest BCUT2D eigenvalue weighted by molar-refractivity contribution is 6.60. The number of ether oxygens (including phenoxy) is 1. The monoisotopic (exact) mass is 424 g/mol. The highest BCUT2D eigenvalue weighted by Gasteiger charge is 2.50. The van der Waals surface area contributed by atoms with Gasteiger partial charge in [-0.25, -0.2) is 0 Å². The second-order valence-corrected chi connectivity index (χ2v) is 7.22. The SMILES string of the molecule is COc1ccc(C(=O)C2=C3C(=O)N(c4ccccc4)c4ccccc4N3C(=O)C2=O)cc1. The fourth-order valence-corrected chi connectivity index (χ4v) is 3.95. The van der Waals surface area contributed by atoms with Crippen molar-refractivity contribution in [1.82, 2.24) is 0 Å². The van der Waals surface area contributed by atoms with Gasteiger partial charge in [-0.2, -0.15) is 0 Å². The number of anilines is 3. The Labute approximate surface area is 183 Å². The molecule has 5 rings (SSSR count).